The van der Waals surface area contributed by atoms with Crippen molar-refractivity contribution >= 4 is 12.8 Å². The predicted molar refractivity (Wildman–Crippen MR) is 82.2 cm³/mol. The molecular formula is C15H35AsO. The molecule has 0 bridgehead atoms. The van der Waals surface area contributed by atoms with E-state index >= 15 is 0 Å². The van der Waals surface area contributed by atoms with E-state index in [2.05, 4.69) is 24.1 Å². The minimum absolute atomic E-state index is 1.09. The van der Waals surface area contributed by atoms with Gasteiger partial charge in [-0.25, -0.2) is 0 Å². The molecule has 0 aromatic carbocycles. The normalized spacial score (nSPS) is 14.5. The Morgan fingerprint density at radius 3 is 1.35 bits per heavy atom. The van der Waals surface area contributed by atoms with E-state index < -0.39 is 12.8 Å². The molecule has 0 saturated heterocycles. The van der Waals surface area contributed by atoms with Crippen LogP contribution in [0.5, 0.6) is 0 Å². The van der Waals surface area contributed by atoms with Crippen LogP contribution in [-0.4, -0.2) is 16.9 Å². The molecule has 0 fully saturated rings. The summed E-state index contributed by atoms with van der Waals surface area (Å²) in [5.41, 5.74) is 6.31. The van der Waals surface area contributed by atoms with Gasteiger partial charge in [0.1, 0.15) is 0 Å². The minimum atomic E-state index is -2.70. The summed E-state index contributed by atoms with van der Waals surface area (Å²) in [6.45, 7) is 2.27. The molecule has 0 aliphatic carbocycles. The summed E-state index contributed by atoms with van der Waals surface area (Å²) in [4.78, 5) is 0. The first-order chi connectivity index (χ1) is 7.81. The second kappa shape index (κ2) is 8.59. The van der Waals surface area contributed by atoms with Crippen molar-refractivity contribution in [3.8, 4) is 0 Å². The summed E-state index contributed by atoms with van der Waals surface area (Å²) in [6.07, 6.45) is 13.8. The van der Waals surface area contributed by atoms with Gasteiger partial charge in [-0.15, -0.1) is 0 Å². The summed E-state index contributed by atoms with van der Waals surface area (Å²) < 4.78 is 10.2. The first-order valence-corrected chi connectivity index (χ1v) is 15.4. The second-order valence-corrected chi connectivity index (χ2v) is 20.6. The number of rotatable bonds is 11. The van der Waals surface area contributed by atoms with Crippen LogP contribution in [0.3, 0.4) is 0 Å². The summed E-state index contributed by atoms with van der Waals surface area (Å²) in [6, 6.07) is 0. The predicted octanol–water partition coefficient (Wildman–Crippen LogP) is 5.69. The van der Waals surface area contributed by atoms with Crippen LogP contribution in [0.1, 0.15) is 71.1 Å². The molecule has 1 nitrogen and oxygen atoms in total. The Balaban J connectivity index is 3.15. The zero-order valence-electron chi connectivity index (χ0n) is 12.7. The quantitative estimate of drug-likeness (QED) is 0.384. The van der Waals surface area contributed by atoms with Gasteiger partial charge in [0.15, 0.2) is 0 Å². The van der Waals surface area contributed by atoms with Crippen molar-refractivity contribution in [3.05, 3.63) is 0 Å². The SMILES string of the molecule is CCCCCCCCCCCC[As](C)(C)(C)O. The molecule has 0 heterocycles. The van der Waals surface area contributed by atoms with Crippen molar-refractivity contribution in [3.63, 3.8) is 0 Å². The van der Waals surface area contributed by atoms with Gasteiger partial charge in [0.05, 0.1) is 0 Å². The Labute approximate surface area is 110 Å². The maximum absolute atomic E-state index is 10.2. The molecule has 0 radical (unpaired) electrons. The van der Waals surface area contributed by atoms with Crippen molar-refractivity contribution < 1.29 is 4.10 Å². The molecule has 0 spiro atoms. The van der Waals surface area contributed by atoms with Gasteiger partial charge in [-0.2, -0.15) is 0 Å². The molecule has 2 heteroatoms. The van der Waals surface area contributed by atoms with E-state index in [4.69, 9.17) is 0 Å². The van der Waals surface area contributed by atoms with E-state index in [0.717, 1.165) is 5.21 Å². The molecule has 1 N–H and O–H groups in total. The Hall–Kier alpha value is 0.518. The van der Waals surface area contributed by atoms with Crippen molar-refractivity contribution in [2.45, 2.75) is 93.5 Å². The molecule has 0 rings (SSSR count). The summed E-state index contributed by atoms with van der Waals surface area (Å²) in [7, 11) is 0. The zero-order chi connectivity index (χ0) is 13.2. The van der Waals surface area contributed by atoms with Crippen LogP contribution in [-0.2, 0) is 0 Å². The summed E-state index contributed by atoms with van der Waals surface area (Å²) in [5.74, 6) is 0. The molecule has 0 amide bonds. The molecule has 0 saturated carbocycles. The van der Waals surface area contributed by atoms with Gasteiger partial charge in [-0.3, -0.25) is 0 Å². The van der Waals surface area contributed by atoms with E-state index in [0.29, 0.717) is 0 Å². The van der Waals surface area contributed by atoms with Crippen LogP contribution in [0.4, 0.5) is 0 Å². The van der Waals surface area contributed by atoms with Crippen molar-refractivity contribution in [1.29, 1.82) is 0 Å². The molecule has 0 aromatic rings. The fourth-order valence-corrected chi connectivity index (χ4v) is 4.90. The number of hydrogen-bond acceptors (Lipinski definition) is 1. The standard InChI is InChI=1S/C15H35AsO/c1-5-6-7-8-9-10-11-12-13-14-15-16(2,3,4)17/h17H,5-15H2,1-4H3. The van der Waals surface area contributed by atoms with Gasteiger partial charge >= 0.3 is 110 Å². The Morgan fingerprint density at radius 2 is 1.00 bits per heavy atom. The van der Waals surface area contributed by atoms with Gasteiger partial charge in [0.2, 0.25) is 0 Å². The molecule has 0 aromatic heterocycles. The molecule has 0 aliphatic rings. The number of unbranched alkanes of at least 4 members (excludes halogenated alkanes) is 9. The number of hydrogen-bond donors (Lipinski definition) is 1. The second-order valence-electron chi connectivity index (χ2n) is 6.94. The van der Waals surface area contributed by atoms with Crippen molar-refractivity contribution in [1.82, 2.24) is 0 Å². The Morgan fingerprint density at radius 1 is 0.647 bits per heavy atom. The van der Waals surface area contributed by atoms with Crippen LogP contribution in [0.25, 0.3) is 0 Å². The van der Waals surface area contributed by atoms with Crippen molar-refractivity contribution in [2.75, 3.05) is 0 Å². The topological polar surface area (TPSA) is 20.2 Å². The van der Waals surface area contributed by atoms with Crippen LogP contribution in [0.15, 0.2) is 0 Å². The van der Waals surface area contributed by atoms with E-state index in [1.807, 2.05) is 0 Å². The first-order valence-electron chi connectivity index (χ1n) is 7.56. The summed E-state index contributed by atoms with van der Waals surface area (Å²) >= 11 is -2.70. The summed E-state index contributed by atoms with van der Waals surface area (Å²) in [5, 5.41) is 1.09. The fraction of sp³-hybridized carbons (Fsp3) is 1.00. The van der Waals surface area contributed by atoms with Gasteiger partial charge in [0.25, 0.3) is 0 Å². The first kappa shape index (κ1) is 17.5. The third-order valence-electron chi connectivity index (χ3n) is 3.28. The van der Waals surface area contributed by atoms with E-state index in [1.165, 1.54) is 64.2 Å². The maximum atomic E-state index is 10.2. The third kappa shape index (κ3) is 16.5. The average molecular weight is 306 g/mol. The molecule has 17 heavy (non-hydrogen) atoms. The van der Waals surface area contributed by atoms with Crippen LogP contribution >= 0.6 is 0 Å². The Kier molecular flexibility index (Phi) is 8.85. The van der Waals surface area contributed by atoms with Gasteiger partial charge in [-0.1, -0.05) is 0 Å². The molecule has 0 unspecified atom stereocenters. The fourth-order valence-electron chi connectivity index (χ4n) is 2.14. The van der Waals surface area contributed by atoms with E-state index in [9.17, 15) is 4.10 Å². The van der Waals surface area contributed by atoms with Crippen LogP contribution in [0.2, 0.25) is 22.3 Å². The van der Waals surface area contributed by atoms with Crippen LogP contribution < -0.4 is 0 Å². The van der Waals surface area contributed by atoms with Gasteiger partial charge in [0, 0.05) is 0 Å². The molecule has 0 aliphatic heterocycles. The van der Waals surface area contributed by atoms with Gasteiger partial charge in [-0.05, 0) is 0 Å². The van der Waals surface area contributed by atoms with Crippen molar-refractivity contribution in [2.24, 2.45) is 0 Å². The Bertz CT molecular complexity index is 172. The van der Waals surface area contributed by atoms with Gasteiger partial charge < -0.3 is 0 Å². The molecular weight excluding hydrogens is 271 g/mol. The monoisotopic (exact) mass is 306 g/mol. The third-order valence-corrected chi connectivity index (χ3v) is 7.18. The van der Waals surface area contributed by atoms with E-state index in [-0.39, 0.29) is 0 Å². The van der Waals surface area contributed by atoms with E-state index in [1.54, 1.807) is 0 Å². The zero-order valence-corrected chi connectivity index (χ0v) is 14.5. The molecule has 0 atom stereocenters. The average Bonchev–Trinajstić information content (AvgIpc) is 2.18. The van der Waals surface area contributed by atoms with Crippen LogP contribution in [0, 0.1) is 0 Å². The molecule has 106 valence electrons.